The maximum atomic E-state index is 13.1. The van der Waals surface area contributed by atoms with Gasteiger partial charge in [0.1, 0.15) is 0 Å². The van der Waals surface area contributed by atoms with E-state index < -0.39 is 11.2 Å². The number of aryl methyl sites for hydroxylation is 1. The van der Waals surface area contributed by atoms with E-state index in [0.29, 0.717) is 61.5 Å². The molecule has 11 heteroatoms. The van der Waals surface area contributed by atoms with Crippen molar-refractivity contribution in [2.75, 3.05) is 37.7 Å². The molecular formula is C21H25ClN6O4. The molecule has 32 heavy (non-hydrogen) atoms. The van der Waals surface area contributed by atoms with Gasteiger partial charge in [0.15, 0.2) is 11.2 Å². The van der Waals surface area contributed by atoms with Crippen LogP contribution in [0.4, 0.5) is 10.7 Å². The summed E-state index contributed by atoms with van der Waals surface area (Å²) in [5.74, 6) is 0.557. The van der Waals surface area contributed by atoms with Gasteiger partial charge in [0.25, 0.3) is 5.56 Å². The number of hydrogen-bond acceptors (Lipinski definition) is 6. The van der Waals surface area contributed by atoms with Crippen molar-refractivity contribution in [3.8, 4) is 0 Å². The summed E-state index contributed by atoms with van der Waals surface area (Å²) in [6.07, 6.45) is -0.340. The molecular weight excluding hydrogens is 436 g/mol. The van der Waals surface area contributed by atoms with Crippen LogP contribution in [0, 0.1) is 0 Å². The van der Waals surface area contributed by atoms with Crippen molar-refractivity contribution in [1.29, 1.82) is 0 Å². The number of halogens is 1. The molecule has 1 aliphatic rings. The number of ether oxygens (including phenoxy) is 1. The normalized spacial score (nSPS) is 14.2. The average molecular weight is 461 g/mol. The van der Waals surface area contributed by atoms with E-state index in [4.69, 9.17) is 21.3 Å². The van der Waals surface area contributed by atoms with Gasteiger partial charge in [0.05, 0.1) is 13.2 Å². The van der Waals surface area contributed by atoms with Gasteiger partial charge in [0.2, 0.25) is 5.95 Å². The molecule has 10 nitrogen and oxygen atoms in total. The van der Waals surface area contributed by atoms with Crippen molar-refractivity contribution >= 4 is 34.8 Å². The molecule has 0 spiro atoms. The maximum absolute atomic E-state index is 13.1. The van der Waals surface area contributed by atoms with E-state index >= 15 is 0 Å². The number of aromatic nitrogens is 4. The topological polar surface area (TPSA) is 94.6 Å². The number of anilines is 1. The summed E-state index contributed by atoms with van der Waals surface area (Å²) in [7, 11) is 3.05. The van der Waals surface area contributed by atoms with Crippen molar-refractivity contribution in [3.63, 3.8) is 0 Å². The summed E-state index contributed by atoms with van der Waals surface area (Å²) in [6, 6.07) is 7.41. The van der Waals surface area contributed by atoms with E-state index in [1.807, 2.05) is 23.1 Å². The number of hydrogen-bond donors (Lipinski definition) is 0. The van der Waals surface area contributed by atoms with Crippen molar-refractivity contribution < 1.29 is 9.53 Å². The fourth-order valence-electron chi connectivity index (χ4n) is 3.93. The van der Waals surface area contributed by atoms with Crippen LogP contribution < -0.4 is 16.1 Å². The summed E-state index contributed by atoms with van der Waals surface area (Å²) >= 11 is 6.40. The molecule has 0 N–H and O–H groups in total. The third kappa shape index (κ3) is 3.75. The first-order valence-corrected chi connectivity index (χ1v) is 10.8. The number of benzene rings is 1. The van der Waals surface area contributed by atoms with Crippen LogP contribution in [0.3, 0.4) is 0 Å². The zero-order valence-electron chi connectivity index (χ0n) is 18.2. The van der Waals surface area contributed by atoms with E-state index in [-0.39, 0.29) is 6.09 Å². The summed E-state index contributed by atoms with van der Waals surface area (Å²) in [6.45, 7) is 4.37. The Morgan fingerprint density at radius 1 is 1.09 bits per heavy atom. The van der Waals surface area contributed by atoms with Gasteiger partial charge in [-0.25, -0.2) is 9.59 Å². The van der Waals surface area contributed by atoms with Crippen LogP contribution in [0.1, 0.15) is 12.5 Å². The van der Waals surface area contributed by atoms with Gasteiger partial charge in [-0.3, -0.25) is 18.5 Å². The number of amides is 1. The number of piperazine rings is 1. The zero-order chi connectivity index (χ0) is 23.0. The molecule has 0 saturated carbocycles. The fraction of sp³-hybridized carbons (Fsp3) is 0.429. The van der Waals surface area contributed by atoms with E-state index in [2.05, 4.69) is 0 Å². The molecule has 1 saturated heterocycles. The lowest BCUT2D eigenvalue weighted by molar-refractivity contribution is 0.105. The van der Waals surface area contributed by atoms with Crippen LogP contribution in [0.5, 0.6) is 0 Å². The number of rotatable bonds is 4. The monoisotopic (exact) mass is 460 g/mol. The molecule has 0 unspecified atom stereocenters. The summed E-state index contributed by atoms with van der Waals surface area (Å²) in [4.78, 5) is 46.0. The minimum absolute atomic E-state index is 0.313. The second kappa shape index (κ2) is 8.70. The summed E-state index contributed by atoms with van der Waals surface area (Å²) in [5.41, 5.74) is 0.615. The lowest BCUT2D eigenvalue weighted by Crippen LogP contribution is -2.49. The number of carbonyl (C=O) groups excluding carboxylic acids is 1. The molecule has 0 bridgehead atoms. The van der Waals surface area contributed by atoms with Crippen LogP contribution in [0.15, 0.2) is 33.9 Å². The van der Waals surface area contributed by atoms with E-state index in [9.17, 15) is 14.4 Å². The van der Waals surface area contributed by atoms with Crippen molar-refractivity contribution in [2.45, 2.75) is 13.5 Å². The molecule has 3 aromatic rings. The molecule has 1 aromatic carbocycles. The zero-order valence-corrected chi connectivity index (χ0v) is 19.0. The van der Waals surface area contributed by atoms with Gasteiger partial charge in [-0.2, -0.15) is 4.98 Å². The lowest BCUT2D eigenvalue weighted by atomic mass is 10.2. The van der Waals surface area contributed by atoms with Crippen LogP contribution in [0.25, 0.3) is 11.2 Å². The highest BCUT2D eigenvalue weighted by Gasteiger charge is 2.28. The average Bonchev–Trinajstić information content (AvgIpc) is 3.17. The second-order valence-electron chi connectivity index (χ2n) is 7.64. The Hall–Kier alpha value is -3.27. The molecule has 170 valence electrons. The molecule has 4 rings (SSSR count). The highest BCUT2D eigenvalue weighted by Crippen LogP contribution is 2.25. The van der Waals surface area contributed by atoms with Crippen molar-refractivity contribution in [2.24, 2.45) is 14.1 Å². The van der Waals surface area contributed by atoms with Gasteiger partial charge in [-0.05, 0) is 18.6 Å². The van der Waals surface area contributed by atoms with Gasteiger partial charge in [-0.1, -0.05) is 29.8 Å². The quantitative estimate of drug-likeness (QED) is 0.584. The predicted octanol–water partition coefficient (Wildman–Crippen LogP) is 1.41. The van der Waals surface area contributed by atoms with Crippen molar-refractivity contribution in [1.82, 2.24) is 23.6 Å². The minimum Gasteiger partial charge on any atom is -0.450 e. The number of imidazole rings is 1. The fourth-order valence-corrected chi connectivity index (χ4v) is 4.12. The number of carbonyl (C=O) groups is 1. The van der Waals surface area contributed by atoms with E-state index in [1.165, 1.54) is 11.6 Å². The molecule has 0 radical (unpaired) electrons. The molecule has 3 heterocycles. The summed E-state index contributed by atoms with van der Waals surface area (Å²) in [5, 5.41) is 0.578. The Bertz CT molecular complexity index is 1290. The maximum Gasteiger partial charge on any atom is 0.409 e. The SMILES string of the molecule is CCOC(=O)N1CCN(c2nc3c(c(=O)n(C)c(=O)n3C)n2Cc2ccccc2Cl)CC1. The third-order valence-corrected chi connectivity index (χ3v) is 6.07. The predicted molar refractivity (Wildman–Crippen MR) is 122 cm³/mol. The van der Waals surface area contributed by atoms with Crippen LogP contribution in [0.2, 0.25) is 5.02 Å². The van der Waals surface area contributed by atoms with Crippen LogP contribution >= 0.6 is 11.6 Å². The van der Waals surface area contributed by atoms with Gasteiger partial charge in [0, 0.05) is 45.3 Å². The second-order valence-corrected chi connectivity index (χ2v) is 8.05. The molecule has 2 aromatic heterocycles. The Kier molecular flexibility index (Phi) is 5.96. The van der Waals surface area contributed by atoms with Gasteiger partial charge < -0.3 is 14.5 Å². The first kappa shape index (κ1) is 21.9. The van der Waals surface area contributed by atoms with Gasteiger partial charge in [-0.15, -0.1) is 0 Å². The van der Waals surface area contributed by atoms with Crippen LogP contribution in [-0.2, 0) is 25.4 Å². The first-order valence-electron chi connectivity index (χ1n) is 10.4. The first-order chi connectivity index (χ1) is 15.3. The molecule has 1 aliphatic heterocycles. The number of fused-ring (bicyclic) bond motifs is 1. The Morgan fingerprint density at radius 3 is 2.44 bits per heavy atom. The van der Waals surface area contributed by atoms with Crippen LogP contribution in [-0.4, -0.2) is 62.5 Å². The largest absolute Gasteiger partial charge is 0.450 e. The highest BCUT2D eigenvalue weighted by molar-refractivity contribution is 6.31. The Labute approximate surface area is 189 Å². The van der Waals surface area contributed by atoms with Gasteiger partial charge >= 0.3 is 11.8 Å². The number of nitrogens with zero attached hydrogens (tertiary/aromatic N) is 6. The Morgan fingerprint density at radius 2 is 1.78 bits per heavy atom. The smallest absolute Gasteiger partial charge is 0.409 e. The van der Waals surface area contributed by atoms with E-state index in [0.717, 1.165) is 10.1 Å². The summed E-state index contributed by atoms with van der Waals surface area (Å²) < 4.78 is 9.35. The molecule has 1 amide bonds. The standard InChI is InChI=1S/C21H25ClN6O4/c1-4-32-21(31)27-11-9-26(10-12-27)19-23-17-16(18(29)25(3)20(30)24(17)2)28(19)13-14-7-5-6-8-15(14)22/h5-8H,4,9-13H2,1-3H3. The highest BCUT2D eigenvalue weighted by atomic mass is 35.5. The molecule has 0 aliphatic carbocycles. The molecule has 1 fully saturated rings. The van der Waals surface area contributed by atoms with Crippen molar-refractivity contribution in [3.05, 3.63) is 55.7 Å². The Balaban J connectivity index is 1.80. The lowest BCUT2D eigenvalue weighted by Gasteiger charge is -2.34. The molecule has 0 atom stereocenters. The minimum atomic E-state index is -0.441. The van der Waals surface area contributed by atoms with E-state index in [1.54, 1.807) is 29.5 Å². The third-order valence-electron chi connectivity index (χ3n) is 5.70.